The maximum Gasteiger partial charge on any atom is 0.0562 e. The van der Waals surface area contributed by atoms with Crippen molar-refractivity contribution in [1.29, 1.82) is 0 Å². The molecule has 0 atom stereocenters. The van der Waals surface area contributed by atoms with E-state index >= 15 is 0 Å². The lowest BCUT2D eigenvalue weighted by Crippen LogP contribution is -2.25. The minimum Gasteiger partial charge on any atom is -0.368 e. The predicted molar refractivity (Wildman–Crippen MR) is 78.9 cm³/mol. The lowest BCUT2D eigenvalue weighted by atomic mass is 10.2. The molecular formula is C15H25N3. The van der Waals surface area contributed by atoms with Crippen LogP contribution in [0.3, 0.4) is 0 Å². The van der Waals surface area contributed by atoms with Crippen LogP contribution in [0, 0.1) is 0 Å². The lowest BCUT2D eigenvalue weighted by Gasteiger charge is -2.23. The summed E-state index contributed by atoms with van der Waals surface area (Å²) in [6.45, 7) is 14.1. The molecule has 100 valence electrons. The molecule has 0 aliphatic rings. The maximum atomic E-state index is 4.40. The summed E-state index contributed by atoms with van der Waals surface area (Å²) in [5, 5.41) is 3.38. The van der Waals surface area contributed by atoms with Gasteiger partial charge >= 0.3 is 0 Å². The van der Waals surface area contributed by atoms with Gasteiger partial charge in [-0.05, 0) is 38.9 Å². The van der Waals surface area contributed by atoms with E-state index in [4.69, 9.17) is 0 Å². The molecule has 1 N–H and O–H groups in total. The highest BCUT2D eigenvalue weighted by Crippen LogP contribution is 2.15. The molecule has 0 aliphatic carbocycles. The van der Waals surface area contributed by atoms with Crippen molar-refractivity contribution < 1.29 is 0 Å². The molecule has 1 heterocycles. The first kappa shape index (κ1) is 14.7. The molecule has 3 heteroatoms. The monoisotopic (exact) mass is 247 g/mol. The zero-order valence-electron chi connectivity index (χ0n) is 11.9. The van der Waals surface area contributed by atoms with Crippen LogP contribution in [0.15, 0.2) is 30.5 Å². The largest absolute Gasteiger partial charge is 0.368 e. The summed E-state index contributed by atoms with van der Waals surface area (Å²) in [5.41, 5.74) is 3.50. The number of hydrogen-bond donors (Lipinski definition) is 1. The number of nitrogens with one attached hydrogen (secondary N) is 1. The van der Waals surface area contributed by atoms with Crippen LogP contribution in [0.5, 0.6) is 0 Å². The van der Waals surface area contributed by atoms with E-state index in [-0.39, 0.29) is 0 Å². The van der Waals surface area contributed by atoms with Gasteiger partial charge in [-0.3, -0.25) is 4.98 Å². The second-order valence-corrected chi connectivity index (χ2v) is 4.65. The van der Waals surface area contributed by atoms with Crippen molar-refractivity contribution in [3.63, 3.8) is 0 Å². The Bertz CT molecular complexity index is 374. The van der Waals surface area contributed by atoms with E-state index in [0.717, 1.165) is 38.3 Å². The Labute approximate surface area is 111 Å². The number of rotatable bonds is 8. The minimum absolute atomic E-state index is 0.840. The normalized spacial score (nSPS) is 10.4. The van der Waals surface area contributed by atoms with Crippen LogP contribution in [0.1, 0.15) is 32.9 Å². The third-order valence-electron chi connectivity index (χ3n) is 2.74. The van der Waals surface area contributed by atoms with E-state index in [2.05, 4.69) is 54.7 Å². The first-order chi connectivity index (χ1) is 8.67. The molecular weight excluding hydrogens is 222 g/mol. The van der Waals surface area contributed by atoms with Gasteiger partial charge in [0, 0.05) is 31.5 Å². The van der Waals surface area contributed by atoms with Crippen LogP contribution >= 0.6 is 0 Å². The molecule has 0 radical (unpaired) electrons. The molecule has 0 saturated heterocycles. The molecule has 1 aromatic heterocycles. The van der Waals surface area contributed by atoms with Crippen molar-refractivity contribution in [2.45, 2.75) is 33.7 Å². The van der Waals surface area contributed by atoms with Crippen molar-refractivity contribution in [1.82, 2.24) is 10.3 Å². The maximum absolute atomic E-state index is 4.40. The number of anilines is 1. The highest BCUT2D eigenvalue weighted by atomic mass is 15.1. The van der Waals surface area contributed by atoms with Gasteiger partial charge in [-0.2, -0.15) is 0 Å². The van der Waals surface area contributed by atoms with Crippen LogP contribution < -0.4 is 10.2 Å². The Morgan fingerprint density at radius 3 is 2.83 bits per heavy atom. The number of likely N-dealkylation sites (N-methyl/N-ethyl adjacent to an activating group) is 1. The summed E-state index contributed by atoms with van der Waals surface area (Å²) < 4.78 is 0. The van der Waals surface area contributed by atoms with Crippen molar-refractivity contribution >= 4 is 5.69 Å². The Morgan fingerprint density at radius 2 is 2.22 bits per heavy atom. The van der Waals surface area contributed by atoms with Gasteiger partial charge in [-0.15, -0.1) is 0 Å². The number of hydrogen-bond acceptors (Lipinski definition) is 3. The van der Waals surface area contributed by atoms with E-state index in [1.807, 2.05) is 6.20 Å². The van der Waals surface area contributed by atoms with Crippen LogP contribution in [-0.4, -0.2) is 24.6 Å². The number of aromatic nitrogens is 1. The Hall–Kier alpha value is -1.35. The molecule has 0 aromatic carbocycles. The standard InChI is InChI=1S/C15H25N3/c1-5-8-16-11-14-10-15(7-9-17-14)18(6-2)12-13(3)4/h7,9-10,16H,3,5-6,8,11-12H2,1-2,4H3. The van der Waals surface area contributed by atoms with Gasteiger partial charge < -0.3 is 10.2 Å². The van der Waals surface area contributed by atoms with E-state index < -0.39 is 0 Å². The second-order valence-electron chi connectivity index (χ2n) is 4.65. The van der Waals surface area contributed by atoms with Crippen molar-refractivity contribution in [3.8, 4) is 0 Å². The Balaban J connectivity index is 2.69. The first-order valence-electron chi connectivity index (χ1n) is 6.72. The van der Waals surface area contributed by atoms with E-state index in [1.54, 1.807) is 0 Å². The van der Waals surface area contributed by atoms with E-state index in [0.29, 0.717) is 0 Å². The molecule has 1 aromatic rings. The molecule has 0 amide bonds. The SMILES string of the molecule is C=C(C)CN(CC)c1ccnc(CNCCC)c1. The Kier molecular flexibility index (Phi) is 6.44. The van der Waals surface area contributed by atoms with Crippen LogP contribution in [0.25, 0.3) is 0 Å². The highest BCUT2D eigenvalue weighted by Gasteiger charge is 2.05. The summed E-state index contributed by atoms with van der Waals surface area (Å²) in [6.07, 6.45) is 3.04. The van der Waals surface area contributed by atoms with E-state index in [9.17, 15) is 0 Å². The quantitative estimate of drug-likeness (QED) is 0.565. The summed E-state index contributed by atoms with van der Waals surface area (Å²) in [5.74, 6) is 0. The third-order valence-corrected chi connectivity index (χ3v) is 2.74. The molecule has 1 rings (SSSR count). The van der Waals surface area contributed by atoms with Gasteiger partial charge in [-0.1, -0.05) is 19.1 Å². The molecule has 0 unspecified atom stereocenters. The van der Waals surface area contributed by atoms with Crippen LogP contribution in [0.2, 0.25) is 0 Å². The van der Waals surface area contributed by atoms with Gasteiger partial charge in [0.15, 0.2) is 0 Å². The molecule has 0 saturated carbocycles. The Morgan fingerprint density at radius 1 is 1.44 bits per heavy atom. The van der Waals surface area contributed by atoms with Gasteiger partial charge in [-0.25, -0.2) is 0 Å². The van der Waals surface area contributed by atoms with Gasteiger partial charge in [0.2, 0.25) is 0 Å². The number of pyridine rings is 1. The van der Waals surface area contributed by atoms with Gasteiger partial charge in [0.25, 0.3) is 0 Å². The van der Waals surface area contributed by atoms with Crippen LogP contribution in [-0.2, 0) is 6.54 Å². The third kappa shape index (κ3) is 4.88. The summed E-state index contributed by atoms with van der Waals surface area (Å²) in [6, 6.07) is 4.23. The zero-order chi connectivity index (χ0) is 13.4. The fourth-order valence-corrected chi connectivity index (χ4v) is 1.86. The average Bonchev–Trinajstić information content (AvgIpc) is 2.36. The zero-order valence-corrected chi connectivity index (χ0v) is 11.9. The minimum atomic E-state index is 0.840. The fourth-order valence-electron chi connectivity index (χ4n) is 1.86. The topological polar surface area (TPSA) is 28.2 Å². The molecule has 0 bridgehead atoms. The summed E-state index contributed by atoms with van der Waals surface area (Å²) in [7, 11) is 0. The smallest absolute Gasteiger partial charge is 0.0562 e. The highest BCUT2D eigenvalue weighted by molar-refractivity contribution is 5.47. The van der Waals surface area contributed by atoms with Gasteiger partial charge in [0.1, 0.15) is 0 Å². The second kappa shape index (κ2) is 7.88. The van der Waals surface area contributed by atoms with Crippen LogP contribution in [0.4, 0.5) is 5.69 Å². The molecule has 18 heavy (non-hydrogen) atoms. The molecule has 3 nitrogen and oxygen atoms in total. The lowest BCUT2D eigenvalue weighted by molar-refractivity contribution is 0.664. The molecule has 0 spiro atoms. The molecule has 0 aliphatic heterocycles. The van der Waals surface area contributed by atoms with Gasteiger partial charge in [0.05, 0.1) is 5.69 Å². The van der Waals surface area contributed by atoms with E-state index in [1.165, 1.54) is 11.3 Å². The predicted octanol–water partition coefficient (Wildman–Crippen LogP) is 2.98. The van der Waals surface area contributed by atoms with Crippen molar-refractivity contribution in [2.75, 3.05) is 24.5 Å². The molecule has 0 fully saturated rings. The fraction of sp³-hybridized carbons (Fsp3) is 0.533. The summed E-state index contributed by atoms with van der Waals surface area (Å²) in [4.78, 5) is 6.71. The average molecular weight is 247 g/mol. The van der Waals surface area contributed by atoms with Crippen molar-refractivity contribution in [2.24, 2.45) is 0 Å². The van der Waals surface area contributed by atoms with Crippen molar-refractivity contribution in [3.05, 3.63) is 36.2 Å². The number of nitrogens with zero attached hydrogens (tertiary/aromatic N) is 2. The summed E-state index contributed by atoms with van der Waals surface area (Å²) >= 11 is 0. The first-order valence-corrected chi connectivity index (χ1v) is 6.72.